The minimum Gasteiger partial charge on any atom is -0.481 e. The van der Waals surface area contributed by atoms with Crippen molar-refractivity contribution in [3.63, 3.8) is 0 Å². The zero-order valence-corrected chi connectivity index (χ0v) is 15.1. The number of aryl methyl sites for hydroxylation is 2. The first-order valence-corrected chi connectivity index (χ1v) is 9.23. The fourth-order valence-corrected chi connectivity index (χ4v) is 4.14. The van der Waals surface area contributed by atoms with E-state index in [9.17, 15) is 9.59 Å². The van der Waals surface area contributed by atoms with Crippen LogP contribution in [0.1, 0.15) is 48.8 Å². The van der Waals surface area contributed by atoms with E-state index < -0.39 is 5.97 Å². The molecule has 0 unspecified atom stereocenters. The van der Waals surface area contributed by atoms with Gasteiger partial charge in [0, 0.05) is 19.0 Å². The number of carbonyl (C=O) groups is 2. The third-order valence-corrected chi connectivity index (χ3v) is 5.54. The second-order valence-electron chi connectivity index (χ2n) is 7.53. The number of rotatable bonds is 3. The summed E-state index contributed by atoms with van der Waals surface area (Å²) in [6, 6.07) is 6.60. The molecule has 1 aromatic rings. The van der Waals surface area contributed by atoms with E-state index in [0.717, 1.165) is 13.0 Å². The third-order valence-electron chi connectivity index (χ3n) is 5.54. The van der Waals surface area contributed by atoms with Gasteiger partial charge in [-0.3, -0.25) is 9.59 Å². The van der Waals surface area contributed by atoms with E-state index in [0.29, 0.717) is 32.2 Å². The third kappa shape index (κ3) is 4.12. The number of carbonyl (C=O) groups excluding carboxylic acids is 1. The number of hydrogen-bond donors (Lipinski definition) is 1. The molecule has 134 valence electrons. The molecule has 0 aromatic heterocycles. The van der Waals surface area contributed by atoms with Gasteiger partial charge in [-0.15, -0.1) is 0 Å². The molecular formula is C21H27NO3. The zero-order chi connectivity index (χ0) is 18.0. The second-order valence-corrected chi connectivity index (χ2v) is 7.53. The van der Waals surface area contributed by atoms with Gasteiger partial charge < -0.3 is 10.0 Å². The summed E-state index contributed by atoms with van der Waals surface area (Å²) < 4.78 is 0. The summed E-state index contributed by atoms with van der Waals surface area (Å²) in [5.74, 6) is -0.766. The molecule has 1 N–H and O–H groups in total. The smallest absolute Gasteiger partial charge is 0.306 e. The van der Waals surface area contributed by atoms with Crippen molar-refractivity contribution in [1.82, 2.24) is 4.90 Å². The topological polar surface area (TPSA) is 57.6 Å². The molecule has 1 aromatic carbocycles. The number of nitrogens with zero attached hydrogens (tertiary/aromatic N) is 1. The van der Waals surface area contributed by atoms with Crippen molar-refractivity contribution in [3.05, 3.63) is 41.0 Å². The van der Waals surface area contributed by atoms with E-state index in [2.05, 4.69) is 38.1 Å². The molecule has 2 aliphatic rings. The minimum absolute atomic E-state index is 0.00626. The SMILES string of the molecule is Cc1cc(C)cc(C2=CCN(C(=O)C3CCC(C(=O)O)CC3)CC2)c1. The molecular weight excluding hydrogens is 314 g/mol. The molecule has 1 aliphatic carbocycles. The maximum absolute atomic E-state index is 12.7. The first-order valence-electron chi connectivity index (χ1n) is 9.23. The lowest BCUT2D eigenvalue weighted by atomic mass is 9.81. The van der Waals surface area contributed by atoms with Crippen molar-refractivity contribution >= 4 is 17.4 Å². The van der Waals surface area contributed by atoms with E-state index >= 15 is 0 Å². The van der Waals surface area contributed by atoms with Gasteiger partial charge >= 0.3 is 5.97 Å². The lowest BCUT2D eigenvalue weighted by Gasteiger charge is -2.33. The lowest BCUT2D eigenvalue weighted by molar-refractivity contribution is -0.145. The molecule has 4 heteroatoms. The highest BCUT2D eigenvalue weighted by Crippen LogP contribution is 2.31. The van der Waals surface area contributed by atoms with Crippen LogP contribution in [0.5, 0.6) is 0 Å². The quantitative estimate of drug-likeness (QED) is 0.909. The van der Waals surface area contributed by atoms with Crippen LogP contribution < -0.4 is 0 Å². The van der Waals surface area contributed by atoms with Gasteiger partial charge in [0.15, 0.2) is 0 Å². The van der Waals surface area contributed by atoms with Crippen molar-refractivity contribution in [3.8, 4) is 0 Å². The summed E-state index contributed by atoms with van der Waals surface area (Å²) in [4.78, 5) is 25.7. The Labute approximate surface area is 149 Å². The zero-order valence-electron chi connectivity index (χ0n) is 15.1. The van der Waals surface area contributed by atoms with E-state index in [1.807, 2.05) is 4.90 Å². The first kappa shape index (κ1) is 17.7. The summed E-state index contributed by atoms with van der Waals surface area (Å²) in [7, 11) is 0. The predicted octanol–water partition coefficient (Wildman–Crippen LogP) is 3.81. The molecule has 25 heavy (non-hydrogen) atoms. The number of benzene rings is 1. The van der Waals surface area contributed by atoms with Gasteiger partial charge in [-0.05, 0) is 57.1 Å². The minimum atomic E-state index is -0.718. The number of aliphatic carboxylic acids is 1. The average molecular weight is 341 g/mol. The number of carboxylic acid groups (broad SMARTS) is 1. The first-order chi connectivity index (χ1) is 11.9. The van der Waals surface area contributed by atoms with Crippen LogP contribution in [0.15, 0.2) is 24.3 Å². The molecule has 1 fully saturated rings. The van der Waals surface area contributed by atoms with Crippen LogP contribution in [0.4, 0.5) is 0 Å². The molecule has 0 radical (unpaired) electrons. The molecule has 1 aliphatic heterocycles. The van der Waals surface area contributed by atoms with Crippen LogP contribution in [-0.2, 0) is 9.59 Å². The molecule has 0 saturated heterocycles. The summed E-state index contributed by atoms with van der Waals surface area (Å²) in [5.41, 5.74) is 5.13. The molecule has 0 bridgehead atoms. The summed E-state index contributed by atoms with van der Waals surface area (Å²) in [6.07, 6.45) is 5.74. The summed E-state index contributed by atoms with van der Waals surface area (Å²) >= 11 is 0. The molecule has 3 rings (SSSR count). The second kappa shape index (κ2) is 7.42. The fourth-order valence-electron chi connectivity index (χ4n) is 4.14. The molecule has 1 amide bonds. The Morgan fingerprint density at radius 1 is 1.00 bits per heavy atom. The highest BCUT2D eigenvalue weighted by Gasteiger charge is 2.32. The van der Waals surface area contributed by atoms with Gasteiger partial charge in [0.05, 0.1) is 5.92 Å². The average Bonchev–Trinajstić information content (AvgIpc) is 2.60. The van der Waals surface area contributed by atoms with Crippen LogP contribution in [0.2, 0.25) is 0 Å². The standard InChI is InChI=1S/C21H27NO3/c1-14-11-15(2)13-19(12-14)16-7-9-22(10-8-16)20(23)17-3-5-18(6-4-17)21(24)25/h7,11-13,17-18H,3-6,8-10H2,1-2H3,(H,24,25). The molecule has 0 atom stereocenters. The summed E-state index contributed by atoms with van der Waals surface area (Å²) in [5, 5.41) is 9.09. The van der Waals surface area contributed by atoms with Crippen LogP contribution >= 0.6 is 0 Å². The van der Waals surface area contributed by atoms with Gasteiger partial charge in [0.25, 0.3) is 0 Å². The Bertz CT molecular complexity index is 679. The van der Waals surface area contributed by atoms with Crippen LogP contribution in [0, 0.1) is 25.7 Å². The molecule has 0 spiro atoms. The monoisotopic (exact) mass is 341 g/mol. The Morgan fingerprint density at radius 3 is 2.12 bits per heavy atom. The van der Waals surface area contributed by atoms with Crippen molar-refractivity contribution in [2.45, 2.75) is 46.0 Å². The van der Waals surface area contributed by atoms with Crippen molar-refractivity contribution in [2.75, 3.05) is 13.1 Å². The predicted molar refractivity (Wildman–Crippen MR) is 98.2 cm³/mol. The Hall–Kier alpha value is -2.10. The number of carboxylic acids is 1. The van der Waals surface area contributed by atoms with Crippen LogP contribution in [0.25, 0.3) is 5.57 Å². The fraction of sp³-hybridized carbons (Fsp3) is 0.524. The lowest BCUT2D eigenvalue weighted by Crippen LogP contribution is -2.40. The van der Waals surface area contributed by atoms with E-state index in [1.165, 1.54) is 22.3 Å². The van der Waals surface area contributed by atoms with Gasteiger partial charge in [-0.2, -0.15) is 0 Å². The normalized spacial score (nSPS) is 23.9. The Kier molecular flexibility index (Phi) is 5.26. The number of hydrogen-bond acceptors (Lipinski definition) is 2. The van der Waals surface area contributed by atoms with Crippen LogP contribution in [-0.4, -0.2) is 35.0 Å². The van der Waals surface area contributed by atoms with Crippen molar-refractivity contribution < 1.29 is 14.7 Å². The van der Waals surface area contributed by atoms with Crippen molar-refractivity contribution in [1.29, 1.82) is 0 Å². The van der Waals surface area contributed by atoms with Crippen molar-refractivity contribution in [2.24, 2.45) is 11.8 Å². The van der Waals surface area contributed by atoms with Gasteiger partial charge in [-0.1, -0.05) is 35.4 Å². The molecule has 1 heterocycles. The van der Waals surface area contributed by atoms with Gasteiger partial charge in [-0.25, -0.2) is 0 Å². The maximum Gasteiger partial charge on any atom is 0.306 e. The van der Waals surface area contributed by atoms with E-state index in [4.69, 9.17) is 5.11 Å². The van der Waals surface area contributed by atoms with Gasteiger partial charge in [0.2, 0.25) is 5.91 Å². The van der Waals surface area contributed by atoms with Crippen LogP contribution in [0.3, 0.4) is 0 Å². The molecule has 4 nitrogen and oxygen atoms in total. The van der Waals surface area contributed by atoms with E-state index in [-0.39, 0.29) is 17.7 Å². The Morgan fingerprint density at radius 2 is 1.60 bits per heavy atom. The summed E-state index contributed by atoms with van der Waals surface area (Å²) in [6.45, 7) is 5.66. The van der Waals surface area contributed by atoms with Gasteiger partial charge in [0.1, 0.15) is 0 Å². The highest BCUT2D eigenvalue weighted by atomic mass is 16.4. The van der Waals surface area contributed by atoms with E-state index in [1.54, 1.807) is 0 Å². The Balaban J connectivity index is 1.60. The highest BCUT2D eigenvalue weighted by molar-refractivity contribution is 5.81. The molecule has 1 saturated carbocycles. The number of amides is 1. The largest absolute Gasteiger partial charge is 0.481 e. The maximum atomic E-state index is 12.7.